The van der Waals surface area contributed by atoms with Crippen LogP contribution in [-0.4, -0.2) is 16.0 Å². The number of hydrogen-bond donors (Lipinski definition) is 2. The molecule has 0 spiro atoms. The van der Waals surface area contributed by atoms with Crippen molar-refractivity contribution in [2.45, 2.75) is 33.2 Å². The minimum atomic E-state index is 0.399. The Bertz CT molecular complexity index is 327. The third-order valence-corrected chi connectivity index (χ3v) is 3.16. The van der Waals surface area contributed by atoms with Crippen LogP contribution in [0.1, 0.15) is 27.2 Å². The highest BCUT2D eigenvalue weighted by Gasteiger charge is 2.14. The minimum Gasteiger partial charge on any atom is -0.383 e. The van der Waals surface area contributed by atoms with Crippen LogP contribution in [-0.2, 0) is 0 Å². The average Bonchev–Trinajstić information content (AvgIpc) is 2.19. The molecule has 0 aromatic carbocycles. The number of rotatable bonds is 4. The van der Waals surface area contributed by atoms with Crippen molar-refractivity contribution >= 4 is 27.6 Å². The van der Waals surface area contributed by atoms with Gasteiger partial charge in [0.1, 0.15) is 22.4 Å². The van der Waals surface area contributed by atoms with Gasteiger partial charge in [-0.3, -0.25) is 0 Å². The van der Waals surface area contributed by atoms with Crippen LogP contribution in [0, 0.1) is 5.92 Å². The first-order valence-electron chi connectivity index (χ1n) is 5.08. The van der Waals surface area contributed by atoms with Gasteiger partial charge in [-0.25, -0.2) is 9.97 Å². The molecule has 15 heavy (non-hydrogen) atoms. The highest BCUT2D eigenvalue weighted by atomic mass is 79.9. The van der Waals surface area contributed by atoms with Crippen molar-refractivity contribution in [3.8, 4) is 0 Å². The lowest BCUT2D eigenvalue weighted by Gasteiger charge is -2.21. The third kappa shape index (κ3) is 3.06. The number of hydrogen-bond acceptors (Lipinski definition) is 4. The fourth-order valence-corrected chi connectivity index (χ4v) is 1.72. The van der Waals surface area contributed by atoms with Crippen LogP contribution < -0.4 is 11.1 Å². The molecule has 0 fully saturated rings. The van der Waals surface area contributed by atoms with Crippen molar-refractivity contribution in [1.29, 1.82) is 0 Å². The molecule has 1 rings (SSSR count). The first-order valence-corrected chi connectivity index (χ1v) is 5.88. The van der Waals surface area contributed by atoms with Gasteiger partial charge in [-0.1, -0.05) is 20.8 Å². The molecule has 4 nitrogen and oxygen atoms in total. The Kier molecular flexibility index (Phi) is 4.32. The summed E-state index contributed by atoms with van der Waals surface area (Å²) in [5, 5.41) is 3.36. The highest BCUT2D eigenvalue weighted by molar-refractivity contribution is 9.10. The highest BCUT2D eigenvalue weighted by Crippen LogP contribution is 2.25. The van der Waals surface area contributed by atoms with E-state index in [9.17, 15) is 0 Å². The van der Waals surface area contributed by atoms with E-state index in [0.29, 0.717) is 17.8 Å². The first-order chi connectivity index (χ1) is 7.06. The summed E-state index contributed by atoms with van der Waals surface area (Å²) >= 11 is 3.37. The maximum absolute atomic E-state index is 5.68. The second-order valence-corrected chi connectivity index (χ2v) is 4.62. The fraction of sp³-hybridized carbons (Fsp3) is 0.600. The van der Waals surface area contributed by atoms with Gasteiger partial charge in [-0.2, -0.15) is 0 Å². The molecule has 5 heteroatoms. The molecule has 0 saturated heterocycles. The van der Waals surface area contributed by atoms with E-state index in [-0.39, 0.29) is 0 Å². The number of nitrogens with one attached hydrogen (secondary N) is 1. The van der Waals surface area contributed by atoms with Crippen molar-refractivity contribution < 1.29 is 0 Å². The van der Waals surface area contributed by atoms with Gasteiger partial charge in [-0.05, 0) is 28.3 Å². The van der Waals surface area contributed by atoms with E-state index >= 15 is 0 Å². The molecule has 1 atom stereocenters. The Morgan fingerprint density at radius 2 is 2.13 bits per heavy atom. The molecule has 0 saturated carbocycles. The van der Waals surface area contributed by atoms with Gasteiger partial charge in [0.25, 0.3) is 0 Å². The summed E-state index contributed by atoms with van der Waals surface area (Å²) in [5.41, 5.74) is 5.68. The Labute approximate surface area is 98.8 Å². The summed E-state index contributed by atoms with van der Waals surface area (Å²) in [6, 6.07) is 0.399. The van der Waals surface area contributed by atoms with Crippen molar-refractivity contribution in [1.82, 2.24) is 9.97 Å². The lowest BCUT2D eigenvalue weighted by molar-refractivity contribution is 0.509. The van der Waals surface area contributed by atoms with Gasteiger partial charge in [-0.15, -0.1) is 0 Å². The molecule has 0 amide bonds. The van der Waals surface area contributed by atoms with Crippen LogP contribution in [0.2, 0.25) is 0 Å². The van der Waals surface area contributed by atoms with Crippen molar-refractivity contribution in [3.63, 3.8) is 0 Å². The van der Waals surface area contributed by atoms with E-state index in [4.69, 9.17) is 5.73 Å². The quantitative estimate of drug-likeness (QED) is 0.885. The number of aromatic nitrogens is 2. The number of nitrogens with two attached hydrogens (primary N) is 1. The lowest BCUT2D eigenvalue weighted by atomic mass is 10.0. The minimum absolute atomic E-state index is 0.399. The van der Waals surface area contributed by atoms with E-state index in [1.807, 2.05) is 0 Å². The summed E-state index contributed by atoms with van der Waals surface area (Å²) < 4.78 is 0.740. The summed E-state index contributed by atoms with van der Waals surface area (Å²) in [6.45, 7) is 6.51. The number of nitrogen functional groups attached to an aromatic ring is 1. The number of nitrogens with zero attached hydrogens (tertiary/aromatic N) is 2. The van der Waals surface area contributed by atoms with Crippen molar-refractivity contribution in [2.75, 3.05) is 11.1 Å². The predicted octanol–water partition coefficient (Wildman–Crippen LogP) is 2.67. The van der Waals surface area contributed by atoms with Crippen LogP contribution in [0.3, 0.4) is 0 Å². The van der Waals surface area contributed by atoms with Crippen LogP contribution in [0.15, 0.2) is 10.8 Å². The summed E-state index contributed by atoms with van der Waals surface area (Å²) in [7, 11) is 0. The second kappa shape index (κ2) is 5.30. The van der Waals surface area contributed by atoms with E-state index in [1.54, 1.807) is 0 Å². The van der Waals surface area contributed by atoms with Crippen molar-refractivity contribution in [2.24, 2.45) is 5.92 Å². The van der Waals surface area contributed by atoms with Crippen LogP contribution in [0.5, 0.6) is 0 Å². The average molecular weight is 273 g/mol. The predicted molar refractivity (Wildman–Crippen MR) is 66.7 cm³/mol. The van der Waals surface area contributed by atoms with Crippen LogP contribution in [0.25, 0.3) is 0 Å². The zero-order valence-electron chi connectivity index (χ0n) is 9.29. The Morgan fingerprint density at radius 1 is 1.47 bits per heavy atom. The lowest BCUT2D eigenvalue weighted by Crippen LogP contribution is -2.25. The zero-order chi connectivity index (χ0) is 11.4. The molecule has 1 unspecified atom stereocenters. The van der Waals surface area contributed by atoms with E-state index < -0.39 is 0 Å². The Balaban J connectivity index is 2.84. The molecule has 1 heterocycles. The van der Waals surface area contributed by atoms with Crippen LogP contribution in [0.4, 0.5) is 11.6 Å². The normalized spacial score (nSPS) is 12.9. The molecule has 1 aromatic rings. The summed E-state index contributed by atoms with van der Waals surface area (Å²) in [6.07, 6.45) is 2.52. The summed E-state index contributed by atoms with van der Waals surface area (Å²) in [5.74, 6) is 1.78. The molecule has 3 N–H and O–H groups in total. The standard InChI is InChI=1S/C10H17BrN4/c1-4-7(6(2)3)15-10-8(11)9(12)13-5-14-10/h5-7H,4H2,1-3H3,(H3,12,13,14,15). The van der Waals surface area contributed by atoms with E-state index in [1.165, 1.54) is 6.33 Å². The van der Waals surface area contributed by atoms with Crippen LogP contribution >= 0.6 is 15.9 Å². The molecule has 1 aromatic heterocycles. The Hall–Kier alpha value is -0.840. The molecule has 0 aliphatic rings. The van der Waals surface area contributed by atoms with Gasteiger partial charge in [0.05, 0.1) is 0 Å². The molecule has 84 valence electrons. The molecule has 0 aliphatic carbocycles. The molecule has 0 bridgehead atoms. The maximum atomic E-state index is 5.68. The summed E-state index contributed by atoms with van der Waals surface area (Å²) in [4.78, 5) is 8.06. The monoisotopic (exact) mass is 272 g/mol. The SMILES string of the molecule is CCC(Nc1ncnc(N)c1Br)C(C)C. The second-order valence-electron chi connectivity index (χ2n) is 3.82. The number of anilines is 2. The maximum Gasteiger partial charge on any atom is 0.146 e. The molecular weight excluding hydrogens is 256 g/mol. The number of halogens is 1. The van der Waals surface area contributed by atoms with Gasteiger partial charge in [0.15, 0.2) is 0 Å². The fourth-order valence-electron chi connectivity index (χ4n) is 1.40. The largest absolute Gasteiger partial charge is 0.383 e. The Morgan fingerprint density at radius 3 is 2.67 bits per heavy atom. The topological polar surface area (TPSA) is 63.8 Å². The van der Waals surface area contributed by atoms with Gasteiger partial charge in [0, 0.05) is 6.04 Å². The van der Waals surface area contributed by atoms with E-state index in [0.717, 1.165) is 16.7 Å². The first kappa shape index (κ1) is 12.2. The molecule has 0 radical (unpaired) electrons. The van der Waals surface area contributed by atoms with Gasteiger partial charge in [0.2, 0.25) is 0 Å². The molecular formula is C10H17BrN4. The third-order valence-electron chi connectivity index (χ3n) is 2.38. The van der Waals surface area contributed by atoms with Gasteiger partial charge < -0.3 is 11.1 Å². The smallest absolute Gasteiger partial charge is 0.146 e. The molecule has 0 aliphatic heterocycles. The van der Waals surface area contributed by atoms with Gasteiger partial charge >= 0.3 is 0 Å². The van der Waals surface area contributed by atoms with Crippen molar-refractivity contribution in [3.05, 3.63) is 10.8 Å². The van der Waals surface area contributed by atoms with E-state index in [2.05, 4.69) is 52.0 Å². The zero-order valence-corrected chi connectivity index (χ0v) is 10.9.